The molecule has 1 heterocycles. The van der Waals surface area contributed by atoms with Gasteiger partial charge in [0.05, 0.1) is 0 Å². The summed E-state index contributed by atoms with van der Waals surface area (Å²) in [7, 11) is 0. The molecule has 1 rings (SSSR count). The second-order valence-corrected chi connectivity index (χ2v) is 4.58. The predicted molar refractivity (Wildman–Crippen MR) is 70.1 cm³/mol. The van der Waals surface area contributed by atoms with Crippen molar-refractivity contribution in [3.8, 4) is 0 Å². The van der Waals surface area contributed by atoms with Gasteiger partial charge >= 0.3 is 0 Å². The van der Waals surface area contributed by atoms with Gasteiger partial charge < -0.3 is 15.5 Å². The highest BCUT2D eigenvalue weighted by molar-refractivity contribution is 5.85. The monoisotopic (exact) mass is 240 g/mol. The van der Waals surface area contributed by atoms with Crippen LogP contribution in [0.1, 0.15) is 33.6 Å². The van der Waals surface area contributed by atoms with E-state index in [-0.39, 0.29) is 12.5 Å². The summed E-state index contributed by atoms with van der Waals surface area (Å²) in [4.78, 5) is 18.0. The maximum atomic E-state index is 11.8. The standard InChI is InChI=1S/C12H24N4O/c1-4-13-12(15-10(2)3)14-9-11(17)16-7-5-6-8-16/h10H,4-9H2,1-3H3,(H2,13,14,15). The molecule has 1 fully saturated rings. The minimum atomic E-state index is 0.128. The summed E-state index contributed by atoms with van der Waals surface area (Å²) >= 11 is 0. The summed E-state index contributed by atoms with van der Waals surface area (Å²) in [5.74, 6) is 0.846. The average molecular weight is 240 g/mol. The molecule has 5 heteroatoms. The summed E-state index contributed by atoms with van der Waals surface area (Å²) in [5.41, 5.74) is 0. The van der Waals surface area contributed by atoms with Gasteiger partial charge in [-0.15, -0.1) is 0 Å². The van der Waals surface area contributed by atoms with Gasteiger partial charge in [0.25, 0.3) is 0 Å². The Labute approximate surface area is 104 Å². The van der Waals surface area contributed by atoms with Gasteiger partial charge in [0.2, 0.25) is 5.91 Å². The lowest BCUT2D eigenvalue weighted by molar-refractivity contribution is -0.128. The average Bonchev–Trinajstić information content (AvgIpc) is 2.78. The van der Waals surface area contributed by atoms with Gasteiger partial charge in [-0.05, 0) is 33.6 Å². The van der Waals surface area contributed by atoms with Crippen LogP contribution in [0, 0.1) is 0 Å². The molecule has 98 valence electrons. The fraction of sp³-hybridized carbons (Fsp3) is 0.833. The van der Waals surface area contributed by atoms with Crippen LogP contribution in [0.3, 0.4) is 0 Å². The van der Waals surface area contributed by atoms with E-state index in [1.165, 1.54) is 0 Å². The topological polar surface area (TPSA) is 56.7 Å². The fourth-order valence-electron chi connectivity index (χ4n) is 1.81. The van der Waals surface area contributed by atoms with Crippen LogP contribution in [-0.4, -0.2) is 49.0 Å². The molecule has 1 saturated heterocycles. The molecule has 0 bridgehead atoms. The lowest BCUT2D eigenvalue weighted by atomic mass is 10.4. The number of nitrogens with one attached hydrogen (secondary N) is 2. The first-order valence-electron chi connectivity index (χ1n) is 6.46. The molecule has 0 aromatic rings. The molecule has 0 atom stereocenters. The second-order valence-electron chi connectivity index (χ2n) is 4.58. The van der Waals surface area contributed by atoms with Crippen molar-refractivity contribution >= 4 is 11.9 Å². The minimum absolute atomic E-state index is 0.128. The SMILES string of the molecule is CCNC(=NCC(=O)N1CCCC1)NC(C)C. The third-order valence-electron chi connectivity index (χ3n) is 2.60. The van der Waals surface area contributed by atoms with E-state index >= 15 is 0 Å². The number of carbonyl (C=O) groups is 1. The highest BCUT2D eigenvalue weighted by Gasteiger charge is 2.17. The van der Waals surface area contributed by atoms with Crippen LogP contribution >= 0.6 is 0 Å². The zero-order chi connectivity index (χ0) is 12.7. The van der Waals surface area contributed by atoms with E-state index in [1.54, 1.807) is 0 Å². The lowest BCUT2D eigenvalue weighted by Gasteiger charge is -2.16. The number of hydrogen-bond donors (Lipinski definition) is 2. The van der Waals surface area contributed by atoms with E-state index in [4.69, 9.17) is 0 Å². The molecule has 1 aliphatic rings. The third kappa shape index (κ3) is 5.06. The second kappa shape index (κ2) is 7.14. The molecule has 1 aliphatic heterocycles. The number of hydrogen-bond acceptors (Lipinski definition) is 2. The molecule has 0 saturated carbocycles. The summed E-state index contributed by atoms with van der Waals surface area (Å²) in [6, 6.07) is 0.315. The van der Waals surface area contributed by atoms with Gasteiger partial charge in [0, 0.05) is 25.7 Å². The quantitative estimate of drug-likeness (QED) is 0.558. The first kappa shape index (κ1) is 13.8. The summed E-state index contributed by atoms with van der Waals surface area (Å²) in [6.45, 7) is 8.94. The number of nitrogens with zero attached hydrogens (tertiary/aromatic N) is 2. The molecular formula is C12H24N4O. The van der Waals surface area contributed by atoms with E-state index in [0.717, 1.165) is 38.4 Å². The highest BCUT2D eigenvalue weighted by Crippen LogP contribution is 2.07. The van der Waals surface area contributed by atoms with E-state index < -0.39 is 0 Å². The zero-order valence-electron chi connectivity index (χ0n) is 11.1. The Bertz CT molecular complexity index is 270. The Morgan fingerprint density at radius 3 is 2.53 bits per heavy atom. The van der Waals surface area contributed by atoms with Crippen LogP contribution in [0.2, 0.25) is 0 Å². The van der Waals surface area contributed by atoms with E-state index in [2.05, 4.69) is 29.5 Å². The van der Waals surface area contributed by atoms with Crippen LogP contribution in [0.15, 0.2) is 4.99 Å². The Morgan fingerprint density at radius 2 is 2.00 bits per heavy atom. The Kier molecular flexibility index (Phi) is 5.80. The lowest BCUT2D eigenvalue weighted by Crippen LogP contribution is -2.42. The Morgan fingerprint density at radius 1 is 1.35 bits per heavy atom. The van der Waals surface area contributed by atoms with Crippen molar-refractivity contribution in [1.29, 1.82) is 0 Å². The van der Waals surface area contributed by atoms with Crippen molar-refractivity contribution in [1.82, 2.24) is 15.5 Å². The summed E-state index contributed by atoms with van der Waals surface area (Å²) in [6.07, 6.45) is 2.25. The first-order chi connectivity index (χ1) is 8.13. The molecule has 0 aromatic heterocycles. The summed E-state index contributed by atoms with van der Waals surface area (Å²) in [5, 5.41) is 6.32. The fourth-order valence-corrected chi connectivity index (χ4v) is 1.81. The largest absolute Gasteiger partial charge is 0.357 e. The van der Waals surface area contributed by atoms with Crippen molar-refractivity contribution in [2.75, 3.05) is 26.2 Å². The van der Waals surface area contributed by atoms with Crippen molar-refractivity contribution in [2.45, 2.75) is 39.7 Å². The van der Waals surface area contributed by atoms with Gasteiger partial charge in [0.1, 0.15) is 6.54 Å². The third-order valence-corrected chi connectivity index (χ3v) is 2.60. The number of rotatable bonds is 4. The molecule has 0 spiro atoms. The van der Waals surface area contributed by atoms with Gasteiger partial charge in [0.15, 0.2) is 5.96 Å². The van der Waals surface area contributed by atoms with Crippen molar-refractivity contribution < 1.29 is 4.79 Å². The molecule has 17 heavy (non-hydrogen) atoms. The van der Waals surface area contributed by atoms with Crippen molar-refractivity contribution in [3.05, 3.63) is 0 Å². The number of guanidine groups is 1. The highest BCUT2D eigenvalue weighted by atomic mass is 16.2. The number of amides is 1. The smallest absolute Gasteiger partial charge is 0.244 e. The Balaban J connectivity index is 2.43. The molecule has 0 unspecified atom stereocenters. The molecule has 5 nitrogen and oxygen atoms in total. The maximum Gasteiger partial charge on any atom is 0.244 e. The number of aliphatic imine (C=N–C) groups is 1. The van der Waals surface area contributed by atoms with E-state index in [1.807, 2.05) is 11.8 Å². The normalized spacial score (nSPS) is 16.5. The zero-order valence-corrected chi connectivity index (χ0v) is 11.1. The van der Waals surface area contributed by atoms with Gasteiger partial charge in [-0.25, -0.2) is 4.99 Å². The van der Waals surface area contributed by atoms with Crippen LogP contribution in [-0.2, 0) is 4.79 Å². The molecule has 0 aromatic carbocycles. The molecule has 1 amide bonds. The number of likely N-dealkylation sites (tertiary alicyclic amines) is 1. The molecule has 0 radical (unpaired) electrons. The molecule has 2 N–H and O–H groups in total. The van der Waals surface area contributed by atoms with Crippen molar-refractivity contribution in [3.63, 3.8) is 0 Å². The first-order valence-corrected chi connectivity index (χ1v) is 6.46. The van der Waals surface area contributed by atoms with Crippen molar-refractivity contribution in [2.24, 2.45) is 4.99 Å². The molecular weight excluding hydrogens is 216 g/mol. The molecule has 0 aliphatic carbocycles. The van der Waals surface area contributed by atoms with E-state index in [0.29, 0.717) is 6.04 Å². The predicted octanol–water partition coefficient (Wildman–Crippen LogP) is 0.572. The van der Waals surface area contributed by atoms with Crippen LogP contribution in [0.4, 0.5) is 0 Å². The van der Waals surface area contributed by atoms with E-state index in [9.17, 15) is 4.79 Å². The number of carbonyl (C=O) groups excluding carboxylic acids is 1. The van der Waals surface area contributed by atoms with Crippen LogP contribution in [0.5, 0.6) is 0 Å². The van der Waals surface area contributed by atoms with Gasteiger partial charge in [-0.2, -0.15) is 0 Å². The van der Waals surface area contributed by atoms with Gasteiger partial charge in [-0.3, -0.25) is 4.79 Å². The van der Waals surface area contributed by atoms with Crippen LogP contribution < -0.4 is 10.6 Å². The minimum Gasteiger partial charge on any atom is -0.357 e. The maximum absolute atomic E-state index is 11.8. The van der Waals surface area contributed by atoms with Crippen LogP contribution in [0.25, 0.3) is 0 Å². The Hall–Kier alpha value is -1.26. The van der Waals surface area contributed by atoms with Gasteiger partial charge in [-0.1, -0.05) is 0 Å². The summed E-state index contributed by atoms with van der Waals surface area (Å²) < 4.78 is 0.